The Labute approximate surface area is 97.6 Å². The number of nitrogens with two attached hydrogens (primary N) is 1. The number of ether oxygens (including phenoxy) is 1. The molecule has 0 amide bonds. The molecule has 0 atom stereocenters. The molecule has 0 radical (unpaired) electrons. The highest BCUT2D eigenvalue weighted by molar-refractivity contribution is 5.72. The summed E-state index contributed by atoms with van der Waals surface area (Å²) in [6.45, 7) is 1.86. The van der Waals surface area contributed by atoms with E-state index in [1.807, 2.05) is 13.0 Å². The van der Waals surface area contributed by atoms with E-state index in [1.54, 1.807) is 6.07 Å². The number of nitrogens with zero attached hydrogens (tertiary/aromatic N) is 3. The summed E-state index contributed by atoms with van der Waals surface area (Å²) in [7, 11) is 1.33. The van der Waals surface area contributed by atoms with Crippen LogP contribution in [0.2, 0.25) is 0 Å². The largest absolute Gasteiger partial charge is 0.469 e. The Kier molecular flexibility index (Phi) is 2.82. The van der Waals surface area contributed by atoms with Gasteiger partial charge in [-0.25, -0.2) is 0 Å². The van der Waals surface area contributed by atoms with Crippen molar-refractivity contribution in [1.29, 1.82) is 0 Å². The van der Waals surface area contributed by atoms with E-state index < -0.39 is 0 Å². The van der Waals surface area contributed by atoms with Crippen LogP contribution >= 0.6 is 0 Å². The Morgan fingerprint density at radius 2 is 2.35 bits per heavy atom. The summed E-state index contributed by atoms with van der Waals surface area (Å²) in [4.78, 5) is 11.1. The second-order valence-electron chi connectivity index (χ2n) is 3.62. The van der Waals surface area contributed by atoms with Crippen molar-refractivity contribution in [2.24, 2.45) is 0 Å². The first kappa shape index (κ1) is 11.2. The van der Waals surface area contributed by atoms with Gasteiger partial charge in [0.25, 0.3) is 0 Å². The smallest absolute Gasteiger partial charge is 0.311 e. The quantitative estimate of drug-likeness (QED) is 0.740. The van der Waals surface area contributed by atoms with Crippen LogP contribution in [0.25, 0.3) is 5.82 Å². The molecule has 7 heteroatoms. The van der Waals surface area contributed by atoms with E-state index in [0.717, 1.165) is 5.69 Å². The molecule has 0 aliphatic carbocycles. The number of esters is 1. The Balaban J connectivity index is 2.28. The van der Waals surface area contributed by atoms with Gasteiger partial charge in [0, 0.05) is 12.1 Å². The van der Waals surface area contributed by atoms with Gasteiger partial charge in [-0.15, -0.1) is 0 Å². The number of carbonyl (C=O) groups excluding carboxylic acids is 1. The lowest BCUT2D eigenvalue weighted by Crippen LogP contribution is -2.06. The van der Waals surface area contributed by atoms with E-state index >= 15 is 0 Å². The van der Waals surface area contributed by atoms with E-state index in [-0.39, 0.29) is 12.4 Å². The first-order chi connectivity index (χ1) is 8.10. The first-order valence-electron chi connectivity index (χ1n) is 5.04. The van der Waals surface area contributed by atoms with Crippen molar-refractivity contribution in [2.45, 2.75) is 13.3 Å². The van der Waals surface area contributed by atoms with Crippen LogP contribution < -0.4 is 5.73 Å². The topological polar surface area (TPSA) is 98.8 Å². The zero-order valence-corrected chi connectivity index (χ0v) is 9.60. The molecule has 2 rings (SSSR count). The number of hydrogen-bond donors (Lipinski definition) is 2. The molecule has 2 aromatic heterocycles. The van der Waals surface area contributed by atoms with Crippen molar-refractivity contribution in [3.05, 3.63) is 23.5 Å². The van der Waals surface area contributed by atoms with Gasteiger partial charge in [0.1, 0.15) is 5.82 Å². The molecule has 0 spiro atoms. The molecule has 0 unspecified atom stereocenters. The van der Waals surface area contributed by atoms with Gasteiger partial charge in [0.05, 0.1) is 24.9 Å². The molecule has 2 aromatic rings. The minimum Gasteiger partial charge on any atom is -0.469 e. The monoisotopic (exact) mass is 235 g/mol. The molecule has 0 saturated carbocycles. The summed E-state index contributed by atoms with van der Waals surface area (Å²) in [6.07, 6.45) is 0.0980. The van der Waals surface area contributed by atoms with Crippen molar-refractivity contribution >= 4 is 11.8 Å². The SMILES string of the molecule is COC(=O)Cc1cc(N)n(-c2cc(C)n[nH]2)n1. The van der Waals surface area contributed by atoms with Gasteiger partial charge >= 0.3 is 5.97 Å². The third kappa shape index (κ3) is 2.27. The molecule has 0 aliphatic heterocycles. The third-order valence-electron chi connectivity index (χ3n) is 2.26. The summed E-state index contributed by atoms with van der Waals surface area (Å²) in [6, 6.07) is 3.44. The zero-order valence-electron chi connectivity index (χ0n) is 9.60. The normalized spacial score (nSPS) is 10.5. The van der Waals surface area contributed by atoms with Crippen LogP contribution in [0.15, 0.2) is 12.1 Å². The second kappa shape index (κ2) is 4.28. The van der Waals surface area contributed by atoms with Gasteiger partial charge in [-0.3, -0.25) is 9.89 Å². The lowest BCUT2D eigenvalue weighted by atomic mass is 10.3. The Hall–Kier alpha value is -2.31. The number of rotatable bonds is 3. The highest BCUT2D eigenvalue weighted by atomic mass is 16.5. The molecule has 0 bridgehead atoms. The molecule has 90 valence electrons. The van der Waals surface area contributed by atoms with E-state index in [4.69, 9.17) is 5.73 Å². The average Bonchev–Trinajstić information content (AvgIpc) is 2.85. The minimum atomic E-state index is -0.351. The molecule has 0 saturated heterocycles. The van der Waals surface area contributed by atoms with E-state index in [0.29, 0.717) is 17.3 Å². The number of hydrogen-bond acceptors (Lipinski definition) is 5. The van der Waals surface area contributed by atoms with Crippen molar-refractivity contribution in [1.82, 2.24) is 20.0 Å². The van der Waals surface area contributed by atoms with Crippen LogP contribution in [-0.4, -0.2) is 33.1 Å². The Morgan fingerprint density at radius 1 is 1.59 bits per heavy atom. The van der Waals surface area contributed by atoms with Crippen LogP contribution in [0, 0.1) is 6.92 Å². The van der Waals surface area contributed by atoms with Crippen LogP contribution in [-0.2, 0) is 16.0 Å². The highest BCUT2D eigenvalue weighted by Crippen LogP contribution is 2.13. The molecule has 7 nitrogen and oxygen atoms in total. The van der Waals surface area contributed by atoms with Gasteiger partial charge in [0.2, 0.25) is 0 Å². The molecule has 2 heterocycles. The third-order valence-corrected chi connectivity index (χ3v) is 2.26. The molecule has 3 N–H and O–H groups in total. The van der Waals surface area contributed by atoms with E-state index in [9.17, 15) is 4.79 Å². The fraction of sp³-hybridized carbons (Fsp3) is 0.300. The summed E-state index contributed by atoms with van der Waals surface area (Å²) in [5, 5.41) is 11.0. The molecular formula is C10H13N5O2. The number of aromatic nitrogens is 4. The number of aryl methyl sites for hydroxylation is 1. The number of methoxy groups -OCH3 is 1. The maximum Gasteiger partial charge on any atom is 0.311 e. The van der Waals surface area contributed by atoms with Gasteiger partial charge in [-0.2, -0.15) is 14.9 Å². The fourth-order valence-corrected chi connectivity index (χ4v) is 1.46. The molecule has 0 aromatic carbocycles. The van der Waals surface area contributed by atoms with Crippen molar-refractivity contribution in [3.63, 3.8) is 0 Å². The first-order valence-corrected chi connectivity index (χ1v) is 5.04. The van der Waals surface area contributed by atoms with E-state index in [2.05, 4.69) is 20.0 Å². The Bertz CT molecular complexity index is 543. The summed E-state index contributed by atoms with van der Waals surface area (Å²) >= 11 is 0. The molecule has 0 aliphatic rings. The number of anilines is 1. The lowest BCUT2D eigenvalue weighted by molar-refractivity contribution is -0.139. The van der Waals surface area contributed by atoms with Crippen molar-refractivity contribution < 1.29 is 9.53 Å². The standard InChI is InChI=1S/C10H13N5O2/c1-6-3-9(13-12-6)15-8(11)4-7(14-15)5-10(16)17-2/h3-4H,5,11H2,1-2H3,(H,12,13). The van der Waals surface area contributed by atoms with Gasteiger partial charge in [0.15, 0.2) is 5.82 Å². The van der Waals surface area contributed by atoms with Crippen LogP contribution in [0.1, 0.15) is 11.4 Å². The lowest BCUT2D eigenvalue weighted by Gasteiger charge is -1.98. The zero-order chi connectivity index (χ0) is 12.4. The van der Waals surface area contributed by atoms with E-state index in [1.165, 1.54) is 11.8 Å². The molecule has 17 heavy (non-hydrogen) atoms. The summed E-state index contributed by atoms with van der Waals surface area (Å²) < 4.78 is 6.06. The number of nitrogen functional groups attached to an aromatic ring is 1. The van der Waals surface area contributed by atoms with Crippen LogP contribution in [0.5, 0.6) is 0 Å². The number of carbonyl (C=O) groups is 1. The number of H-pyrrole nitrogens is 1. The van der Waals surface area contributed by atoms with Crippen LogP contribution in [0.3, 0.4) is 0 Å². The van der Waals surface area contributed by atoms with Gasteiger partial charge < -0.3 is 10.5 Å². The van der Waals surface area contributed by atoms with Crippen molar-refractivity contribution in [2.75, 3.05) is 12.8 Å². The Morgan fingerprint density at radius 3 is 2.94 bits per heavy atom. The summed E-state index contributed by atoms with van der Waals surface area (Å²) in [5.74, 6) is 0.749. The molecule has 0 fully saturated rings. The minimum absolute atomic E-state index is 0.0980. The second-order valence-corrected chi connectivity index (χ2v) is 3.62. The van der Waals surface area contributed by atoms with Crippen molar-refractivity contribution in [3.8, 4) is 5.82 Å². The van der Waals surface area contributed by atoms with Gasteiger partial charge in [-0.1, -0.05) is 0 Å². The summed E-state index contributed by atoms with van der Waals surface area (Å²) in [5.41, 5.74) is 7.19. The maximum absolute atomic E-state index is 11.1. The average molecular weight is 235 g/mol. The fourth-order valence-electron chi connectivity index (χ4n) is 1.46. The maximum atomic E-state index is 11.1. The number of nitrogens with one attached hydrogen (secondary N) is 1. The van der Waals surface area contributed by atoms with Crippen LogP contribution in [0.4, 0.5) is 5.82 Å². The predicted octanol–water partition coefficient (Wildman–Crippen LogP) is 0.202. The highest BCUT2D eigenvalue weighted by Gasteiger charge is 2.11. The number of aromatic amines is 1. The predicted molar refractivity (Wildman–Crippen MR) is 60.6 cm³/mol. The molecular weight excluding hydrogens is 222 g/mol. The van der Waals surface area contributed by atoms with Gasteiger partial charge in [-0.05, 0) is 6.92 Å².